The van der Waals surface area contributed by atoms with Crippen LogP contribution in [-0.4, -0.2) is 0 Å². The van der Waals surface area contributed by atoms with Crippen molar-refractivity contribution in [3.05, 3.63) is 39.5 Å². The summed E-state index contributed by atoms with van der Waals surface area (Å²) in [5.41, 5.74) is -1.03. The summed E-state index contributed by atoms with van der Waals surface area (Å²) in [6.45, 7) is 0. The minimum Gasteiger partial charge on any atom is -0.867 e. The molecule has 1 rings (SSSR count). The van der Waals surface area contributed by atoms with E-state index in [0.29, 0.717) is 0 Å². The summed E-state index contributed by atoms with van der Waals surface area (Å²) in [5, 5.41) is 19.1. The van der Waals surface area contributed by atoms with Gasteiger partial charge in [-0.1, -0.05) is 18.2 Å². The Morgan fingerprint density at radius 2 is 2.00 bits per heavy atom. The maximum absolute atomic E-state index is 10.8. The second-order valence-corrected chi connectivity index (χ2v) is 1.90. The third-order valence-corrected chi connectivity index (χ3v) is 1.17. The van der Waals surface area contributed by atoms with Crippen LogP contribution in [0.5, 0.6) is 5.75 Å². The molecule has 0 spiro atoms. The lowest BCUT2D eigenvalue weighted by Crippen LogP contribution is -1.97. The van der Waals surface area contributed by atoms with E-state index in [1.54, 1.807) is 0 Å². The zero-order chi connectivity index (χ0) is 8.27. The van der Waals surface area contributed by atoms with Crippen molar-refractivity contribution in [1.82, 2.24) is 0 Å². The third-order valence-electron chi connectivity index (χ3n) is 1.17. The molecule has 0 aromatic heterocycles. The predicted octanol–water partition coefficient (Wildman–Crippen LogP) is 0.605. The van der Waals surface area contributed by atoms with E-state index in [4.69, 9.17) is 5.39 Å². The van der Waals surface area contributed by atoms with Crippen LogP contribution in [0.25, 0.3) is 4.98 Å². The maximum Gasteiger partial charge on any atom is 0.423 e. The number of diazo groups is 1. The third kappa shape index (κ3) is 1.33. The van der Waals surface area contributed by atoms with Gasteiger partial charge in [0.1, 0.15) is 0 Å². The van der Waals surface area contributed by atoms with E-state index in [9.17, 15) is 9.90 Å². The molecule has 0 amide bonds. The molecule has 11 heavy (non-hydrogen) atoms. The van der Waals surface area contributed by atoms with Gasteiger partial charge in [-0.2, -0.15) is 0 Å². The highest BCUT2D eigenvalue weighted by Gasteiger charge is 2.08. The minimum absolute atomic E-state index is 0.449. The lowest BCUT2D eigenvalue weighted by molar-refractivity contribution is -0.266. The minimum atomic E-state index is -0.581. The molecule has 0 atom stereocenters. The molecule has 0 aliphatic carbocycles. The Morgan fingerprint density at radius 3 is 2.64 bits per heavy atom. The van der Waals surface area contributed by atoms with Gasteiger partial charge >= 0.3 is 5.69 Å². The first-order valence-electron chi connectivity index (χ1n) is 2.91. The lowest BCUT2D eigenvalue weighted by atomic mass is 10.4. The van der Waals surface area contributed by atoms with Crippen LogP contribution >= 0.6 is 0 Å². The van der Waals surface area contributed by atoms with Gasteiger partial charge in [0, 0.05) is 0 Å². The smallest absolute Gasteiger partial charge is 0.423 e. The first-order chi connectivity index (χ1) is 5.25. The van der Waals surface area contributed by atoms with Crippen LogP contribution in [0.1, 0.15) is 0 Å². The van der Waals surface area contributed by atoms with Gasteiger partial charge < -0.3 is 5.11 Å². The Hall–Kier alpha value is -1.89. The Labute approximate surface area is 62.4 Å². The fourth-order valence-corrected chi connectivity index (χ4v) is 0.664. The van der Waals surface area contributed by atoms with Crippen LogP contribution < -0.4 is 10.5 Å². The van der Waals surface area contributed by atoms with Crippen molar-refractivity contribution < 1.29 is 5.11 Å². The molecule has 0 unspecified atom stereocenters. The van der Waals surface area contributed by atoms with Crippen molar-refractivity contribution in [2.75, 3.05) is 0 Å². The van der Waals surface area contributed by atoms with Crippen LogP contribution in [0.4, 0.5) is 5.69 Å². The van der Waals surface area contributed by atoms with Gasteiger partial charge in [-0.25, -0.2) is 0 Å². The first-order valence-corrected chi connectivity index (χ1v) is 2.91. The SMILES string of the molecule is N#[N+]c1c([O-])ccccc1=O. The van der Waals surface area contributed by atoms with E-state index in [0.717, 1.165) is 12.1 Å². The first kappa shape index (κ1) is 7.22. The van der Waals surface area contributed by atoms with Gasteiger partial charge in [0.25, 0.3) is 5.43 Å². The quantitative estimate of drug-likeness (QED) is 0.506. The second-order valence-electron chi connectivity index (χ2n) is 1.90. The molecule has 0 aliphatic heterocycles. The fraction of sp³-hybridized carbons (Fsp3) is 0. The van der Waals surface area contributed by atoms with Crippen LogP contribution in [0.2, 0.25) is 0 Å². The van der Waals surface area contributed by atoms with Crippen molar-refractivity contribution in [2.24, 2.45) is 0 Å². The van der Waals surface area contributed by atoms with Gasteiger partial charge in [-0.05, 0) is 11.8 Å². The van der Waals surface area contributed by atoms with Gasteiger partial charge in [0.2, 0.25) is 5.39 Å². The van der Waals surface area contributed by atoms with Crippen molar-refractivity contribution in [3.63, 3.8) is 0 Å². The van der Waals surface area contributed by atoms with Gasteiger partial charge in [0.15, 0.2) is 4.98 Å². The number of nitrogens with zero attached hydrogens (tertiary/aromatic N) is 2. The molecule has 0 saturated carbocycles. The molecule has 0 aliphatic rings. The highest BCUT2D eigenvalue weighted by molar-refractivity contribution is 5.53. The molecule has 0 heterocycles. The highest BCUT2D eigenvalue weighted by atomic mass is 16.3. The lowest BCUT2D eigenvalue weighted by Gasteiger charge is -1.91. The topological polar surface area (TPSA) is 68.3 Å². The Morgan fingerprint density at radius 1 is 1.36 bits per heavy atom. The molecule has 1 aromatic carbocycles. The average molecular weight is 148 g/mol. The van der Waals surface area contributed by atoms with Crippen LogP contribution in [0.3, 0.4) is 0 Å². The van der Waals surface area contributed by atoms with Gasteiger partial charge in [-0.15, -0.1) is 0 Å². The predicted molar refractivity (Wildman–Crippen MR) is 36.9 cm³/mol. The summed E-state index contributed by atoms with van der Waals surface area (Å²) in [6, 6.07) is 5.16. The summed E-state index contributed by atoms with van der Waals surface area (Å²) >= 11 is 0. The second kappa shape index (κ2) is 2.80. The van der Waals surface area contributed by atoms with E-state index in [-0.39, 0.29) is 0 Å². The van der Waals surface area contributed by atoms with E-state index in [2.05, 4.69) is 4.98 Å². The zero-order valence-electron chi connectivity index (χ0n) is 5.52. The molecule has 1 aromatic rings. The van der Waals surface area contributed by atoms with Crippen LogP contribution in [0, 0.1) is 5.39 Å². The fourth-order valence-electron chi connectivity index (χ4n) is 0.664. The van der Waals surface area contributed by atoms with E-state index >= 15 is 0 Å². The summed E-state index contributed by atoms with van der Waals surface area (Å²) in [5.74, 6) is -0.581. The molecule has 0 fully saturated rings. The van der Waals surface area contributed by atoms with E-state index in [1.165, 1.54) is 12.1 Å². The van der Waals surface area contributed by atoms with Crippen LogP contribution in [0.15, 0.2) is 29.1 Å². The Kier molecular flexibility index (Phi) is 1.83. The zero-order valence-corrected chi connectivity index (χ0v) is 5.52. The molecule has 0 radical (unpaired) electrons. The normalized spacial score (nSPS) is 8.64. The standard InChI is InChI=1S/C7H4N2O2/c8-9-7-5(10)3-1-2-4-6(7)11/h1-4H. The van der Waals surface area contributed by atoms with Crippen LogP contribution in [-0.2, 0) is 0 Å². The summed E-state index contributed by atoms with van der Waals surface area (Å²) in [4.78, 5) is 13.4. The maximum atomic E-state index is 10.8. The monoisotopic (exact) mass is 148 g/mol. The Bertz CT molecular complexity index is 368. The number of rotatable bonds is 0. The van der Waals surface area contributed by atoms with Gasteiger partial charge in [0.05, 0.1) is 0 Å². The van der Waals surface area contributed by atoms with Crippen molar-refractivity contribution in [1.29, 1.82) is 5.39 Å². The highest BCUT2D eigenvalue weighted by Crippen LogP contribution is 2.15. The van der Waals surface area contributed by atoms with Crippen molar-refractivity contribution >= 4 is 5.69 Å². The molecular formula is C7H4N2O2. The molecular weight excluding hydrogens is 144 g/mol. The van der Waals surface area contributed by atoms with Crippen molar-refractivity contribution in [2.45, 2.75) is 0 Å². The van der Waals surface area contributed by atoms with E-state index < -0.39 is 16.9 Å². The molecule has 0 N–H and O–H groups in total. The summed E-state index contributed by atoms with van der Waals surface area (Å²) in [6.07, 6.45) is 0. The Balaban J connectivity index is 3.61. The van der Waals surface area contributed by atoms with Gasteiger partial charge in [-0.3, -0.25) is 4.79 Å². The summed E-state index contributed by atoms with van der Waals surface area (Å²) < 4.78 is 0. The average Bonchev–Trinajstić information content (AvgIpc) is 2.12. The molecule has 0 bridgehead atoms. The summed E-state index contributed by atoms with van der Waals surface area (Å²) in [7, 11) is 0. The molecule has 4 nitrogen and oxygen atoms in total. The molecule has 0 saturated heterocycles. The van der Waals surface area contributed by atoms with E-state index in [1.807, 2.05) is 0 Å². The number of hydrogen-bond acceptors (Lipinski definition) is 3. The largest absolute Gasteiger partial charge is 0.867 e. The molecule has 4 heteroatoms. The number of hydrogen-bond donors (Lipinski definition) is 0. The molecule has 54 valence electrons. The van der Waals surface area contributed by atoms with Crippen molar-refractivity contribution in [3.8, 4) is 5.75 Å².